The molecule has 1 aliphatic rings. The fourth-order valence-corrected chi connectivity index (χ4v) is 1.57. The number of benzene rings is 1. The minimum absolute atomic E-state index is 0.115. The summed E-state index contributed by atoms with van der Waals surface area (Å²) in [6.45, 7) is -0.115. The summed E-state index contributed by atoms with van der Waals surface area (Å²) in [5.41, 5.74) is 0.164. The lowest BCUT2D eigenvalue weighted by Gasteiger charge is -2.04. The molecule has 5 heteroatoms. The van der Waals surface area contributed by atoms with Gasteiger partial charge in [0, 0.05) is 5.56 Å². The molecule has 16 heavy (non-hydrogen) atoms. The molecule has 0 bridgehead atoms. The van der Waals surface area contributed by atoms with Crippen LogP contribution in [0.5, 0.6) is 0 Å². The predicted molar refractivity (Wildman–Crippen MR) is 52.2 cm³/mol. The van der Waals surface area contributed by atoms with Crippen molar-refractivity contribution in [3.05, 3.63) is 35.6 Å². The molecule has 0 saturated carbocycles. The first-order valence-electron chi connectivity index (χ1n) is 4.70. The molecule has 0 radical (unpaired) electrons. The molecular weight excluding hydrogens is 213 g/mol. The molecule has 0 aromatic heterocycles. The van der Waals surface area contributed by atoms with Gasteiger partial charge in [0.15, 0.2) is 17.5 Å². The topological polar surface area (TPSA) is 63.2 Å². The van der Waals surface area contributed by atoms with Gasteiger partial charge in [0.1, 0.15) is 5.82 Å². The van der Waals surface area contributed by atoms with E-state index in [-0.39, 0.29) is 12.1 Å². The molecule has 0 spiro atoms. The quantitative estimate of drug-likeness (QED) is 0.578. The molecule has 1 amide bonds. The number of ketones is 2. The molecule has 0 aliphatic carbocycles. The third-order valence-corrected chi connectivity index (χ3v) is 2.41. The van der Waals surface area contributed by atoms with E-state index in [0.717, 1.165) is 12.1 Å². The first kappa shape index (κ1) is 10.5. The van der Waals surface area contributed by atoms with Gasteiger partial charge in [0.25, 0.3) is 0 Å². The third kappa shape index (κ3) is 1.71. The summed E-state index contributed by atoms with van der Waals surface area (Å²) in [6, 6.07) is 4.75. The Hall–Kier alpha value is -2.04. The van der Waals surface area contributed by atoms with Crippen LogP contribution in [0.3, 0.4) is 0 Å². The molecule has 1 aromatic carbocycles. The van der Waals surface area contributed by atoms with E-state index in [1.165, 1.54) is 12.1 Å². The van der Waals surface area contributed by atoms with Gasteiger partial charge in [-0.2, -0.15) is 0 Å². The molecule has 1 atom stereocenters. The Morgan fingerprint density at radius 1 is 1.25 bits per heavy atom. The summed E-state index contributed by atoms with van der Waals surface area (Å²) in [5.74, 6) is -3.36. The van der Waals surface area contributed by atoms with E-state index in [4.69, 9.17) is 0 Å². The molecule has 1 N–H and O–H groups in total. The number of Topliss-reactive ketones (excluding diaryl/α,β-unsaturated/α-hetero) is 2. The molecule has 1 heterocycles. The number of amides is 1. The number of nitrogens with one attached hydrogen (secondary N) is 1. The van der Waals surface area contributed by atoms with Crippen molar-refractivity contribution in [2.24, 2.45) is 5.92 Å². The highest BCUT2D eigenvalue weighted by Crippen LogP contribution is 2.14. The van der Waals surface area contributed by atoms with Crippen LogP contribution in [0.1, 0.15) is 10.4 Å². The zero-order chi connectivity index (χ0) is 11.7. The van der Waals surface area contributed by atoms with E-state index in [9.17, 15) is 18.8 Å². The SMILES string of the molecule is O=C1CNC(=O)C1C(=O)c1ccc(F)cc1. The van der Waals surface area contributed by atoms with E-state index in [0.29, 0.717) is 0 Å². The van der Waals surface area contributed by atoms with Crippen molar-refractivity contribution < 1.29 is 18.8 Å². The van der Waals surface area contributed by atoms with Crippen molar-refractivity contribution in [3.63, 3.8) is 0 Å². The minimum atomic E-state index is -1.27. The van der Waals surface area contributed by atoms with Crippen molar-refractivity contribution in [3.8, 4) is 0 Å². The van der Waals surface area contributed by atoms with Gasteiger partial charge in [-0.1, -0.05) is 0 Å². The lowest BCUT2D eigenvalue weighted by atomic mass is 9.95. The largest absolute Gasteiger partial charge is 0.348 e. The van der Waals surface area contributed by atoms with Gasteiger partial charge in [-0.05, 0) is 24.3 Å². The molecule has 4 nitrogen and oxygen atoms in total. The number of carbonyl (C=O) groups excluding carboxylic acids is 3. The van der Waals surface area contributed by atoms with Crippen LogP contribution < -0.4 is 5.32 Å². The Kier molecular flexibility index (Phi) is 2.52. The van der Waals surface area contributed by atoms with Gasteiger partial charge in [0.05, 0.1) is 6.54 Å². The number of hydrogen-bond acceptors (Lipinski definition) is 3. The Balaban J connectivity index is 2.28. The highest BCUT2D eigenvalue weighted by atomic mass is 19.1. The molecule has 2 rings (SSSR count). The van der Waals surface area contributed by atoms with Gasteiger partial charge in [-0.3, -0.25) is 14.4 Å². The first-order chi connectivity index (χ1) is 7.59. The van der Waals surface area contributed by atoms with Gasteiger partial charge in [-0.25, -0.2) is 4.39 Å². The summed E-state index contributed by atoms with van der Waals surface area (Å²) in [5, 5.41) is 2.30. The Bertz CT molecular complexity index is 451. The third-order valence-electron chi connectivity index (χ3n) is 2.41. The number of halogens is 1. The predicted octanol–water partition coefficient (Wildman–Crippen LogP) is 0.323. The van der Waals surface area contributed by atoms with Gasteiger partial charge in [0.2, 0.25) is 5.91 Å². The first-order valence-corrected chi connectivity index (χ1v) is 4.70. The molecule has 82 valence electrons. The van der Waals surface area contributed by atoms with Crippen LogP contribution in [0.15, 0.2) is 24.3 Å². The molecular formula is C11H8FNO3. The van der Waals surface area contributed by atoms with Crippen LogP contribution in [0.2, 0.25) is 0 Å². The Morgan fingerprint density at radius 2 is 1.88 bits per heavy atom. The van der Waals surface area contributed by atoms with Gasteiger partial charge >= 0.3 is 0 Å². The van der Waals surface area contributed by atoms with Crippen LogP contribution in [-0.2, 0) is 9.59 Å². The monoisotopic (exact) mass is 221 g/mol. The standard InChI is InChI=1S/C11H8FNO3/c12-7-3-1-6(2-4-7)10(15)9-8(14)5-13-11(9)16/h1-4,9H,5H2,(H,13,16). The number of hydrogen-bond donors (Lipinski definition) is 1. The highest BCUT2D eigenvalue weighted by molar-refractivity contribution is 6.27. The zero-order valence-electron chi connectivity index (χ0n) is 8.20. The van der Waals surface area contributed by atoms with Crippen LogP contribution in [0, 0.1) is 11.7 Å². The minimum Gasteiger partial charge on any atom is -0.348 e. The fraction of sp³-hybridized carbons (Fsp3) is 0.182. The summed E-state index contributed by atoms with van der Waals surface area (Å²) in [4.78, 5) is 34.3. The van der Waals surface area contributed by atoms with E-state index < -0.39 is 29.2 Å². The summed E-state index contributed by atoms with van der Waals surface area (Å²) >= 11 is 0. The maximum absolute atomic E-state index is 12.6. The normalized spacial score (nSPS) is 19.7. The maximum Gasteiger partial charge on any atom is 0.238 e. The van der Waals surface area contributed by atoms with Crippen molar-refractivity contribution in [2.75, 3.05) is 6.54 Å². The second kappa shape index (κ2) is 3.84. The van der Waals surface area contributed by atoms with Crippen molar-refractivity contribution >= 4 is 17.5 Å². The summed E-state index contributed by atoms with van der Waals surface area (Å²) in [6.07, 6.45) is 0. The van der Waals surface area contributed by atoms with Crippen molar-refractivity contribution in [1.29, 1.82) is 0 Å². The van der Waals surface area contributed by atoms with E-state index >= 15 is 0 Å². The van der Waals surface area contributed by atoms with E-state index in [1.807, 2.05) is 0 Å². The van der Waals surface area contributed by atoms with Crippen molar-refractivity contribution in [2.45, 2.75) is 0 Å². The maximum atomic E-state index is 12.6. The molecule has 1 fully saturated rings. The van der Waals surface area contributed by atoms with Gasteiger partial charge in [-0.15, -0.1) is 0 Å². The lowest BCUT2D eigenvalue weighted by molar-refractivity contribution is -0.125. The smallest absolute Gasteiger partial charge is 0.238 e. The summed E-state index contributed by atoms with van der Waals surface area (Å²) < 4.78 is 12.6. The number of rotatable bonds is 2. The molecule has 1 aromatic rings. The molecule has 1 aliphatic heterocycles. The lowest BCUT2D eigenvalue weighted by Crippen LogP contribution is -2.27. The Labute approximate surface area is 90.5 Å². The fourth-order valence-electron chi connectivity index (χ4n) is 1.57. The van der Waals surface area contributed by atoms with Crippen LogP contribution >= 0.6 is 0 Å². The van der Waals surface area contributed by atoms with E-state index in [2.05, 4.69) is 5.32 Å². The number of carbonyl (C=O) groups is 3. The van der Waals surface area contributed by atoms with Crippen LogP contribution in [0.4, 0.5) is 4.39 Å². The van der Waals surface area contributed by atoms with Crippen LogP contribution in [-0.4, -0.2) is 24.0 Å². The average Bonchev–Trinajstić information content (AvgIpc) is 2.59. The zero-order valence-corrected chi connectivity index (χ0v) is 8.20. The Morgan fingerprint density at radius 3 is 2.38 bits per heavy atom. The van der Waals surface area contributed by atoms with Crippen LogP contribution in [0.25, 0.3) is 0 Å². The van der Waals surface area contributed by atoms with Gasteiger partial charge < -0.3 is 5.32 Å². The molecule has 1 saturated heterocycles. The highest BCUT2D eigenvalue weighted by Gasteiger charge is 2.39. The van der Waals surface area contributed by atoms with E-state index in [1.54, 1.807) is 0 Å². The average molecular weight is 221 g/mol. The second-order valence-corrected chi connectivity index (χ2v) is 3.49. The summed E-state index contributed by atoms with van der Waals surface area (Å²) in [7, 11) is 0. The second-order valence-electron chi connectivity index (χ2n) is 3.49. The van der Waals surface area contributed by atoms with Crippen molar-refractivity contribution in [1.82, 2.24) is 5.32 Å². The molecule has 1 unspecified atom stereocenters.